The summed E-state index contributed by atoms with van der Waals surface area (Å²) in [5.74, 6) is -1.50. The highest BCUT2D eigenvalue weighted by atomic mass is 35.5. The minimum Gasteiger partial charge on any atom is -0.460 e. The maximum Gasteiger partial charge on any atom is 0.377 e. The Morgan fingerprint density at radius 1 is 1.17 bits per heavy atom. The van der Waals surface area contributed by atoms with Gasteiger partial charge >= 0.3 is 5.97 Å². The average Bonchev–Trinajstić information content (AvgIpc) is 2.92. The Balaban J connectivity index is 1.59. The first-order valence-corrected chi connectivity index (χ1v) is 13.9. The number of hydrogen-bond donors (Lipinski definition) is 0. The van der Waals surface area contributed by atoms with E-state index in [-0.39, 0.29) is 18.3 Å². The number of ketones is 2. The van der Waals surface area contributed by atoms with Crippen molar-refractivity contribution >= 4 is 40.7 Å². The molecule has 0 amide bonds. The van der Waals surface area contributed by atoms with Gasteiger partial charge < -0.3 is 14.2 Å². The SMILES string of the molecule is CCCCOC(=O)C(=O)[C@@]12CC[C@@]3(OC(C)O1)[C@@H]1CCC4=CC(=O)CC[C@]4(C)[C@@]1(Cl)[C@@H](Cl)C[C@]23C. The lowest BCUT2D eigenvalue weighted by atomic mass is 9.43. The second kappa shape index (κ2) is 8.28. The third-order valence-electron chi connectivity index (χ3n) is 10.3. The van der Waals surface area contributed by atoms with Crippen LogP contribution in [0.25, 0.3) is 0 Å². The zero-order chi connectivity index (χ0) is 25.4. The van der Waals surface area contributed by atoms with Crippen molar-refractivity contribution in [3.63, 3.8) is 0 Å². The molecule has 0 radical (unpaired) electrons. The molecule has 35 heavy (non-hydrogen) atoms. The minimum atomic E-state index is -1.36. The van der Waals surface area contributed by atoms with Crippen molar-refractivity contribution < 1.29 is 28.6 Å². The van der Waals surface area contributed by atoms with Crippen molar-refractivity contribution in [3.8, 4) is 0 Å². The third-order valence-corrected chi connectivity index (χ3v) is 11.8. The second-order valence-electron chi connectivity index (χ2n) is 11.7. The number of halogens is 2. The van der Waals surface area contributed by atoms with E-state index in [1.807, 2.05) is 13.8 Å². The quantitative estimate of drug-likeness (QED) is 0.210. The first kappa shape index (κ1) is 25.7. The number of carbonyl (C=O) groups is 3. The molecule has 8 atom stereocenters. The molecule has 8 heteroatoms. The zero-order valence-corrected chi connectivity index (χ0v) is 22.6. The molecule has 194 valence electrons. The standard InChI is InChI=1S/C27H36Cl2O6/c1-5-6-13-33-22(32)21(31)26-12-11-25(34-16(2)35-26)19-8-7-17-14-18(30)9-10-23(17,3)27(19,29)20(28)15-24(25,26)4/h14,16,19-20H,5-13,15H2,1-4H3/t16?,19-,20-,23-,24-,25+,26+,27-/m0/s1. The van der Waals surface area contributed by atoms with Gasteiger partial charge in [0.1, 0.15) is 5.60 Å². The number of unbranched alkanes of at least 4 members (excludes halogenated alkanes) is 1. The number of ether oxygens (including phenoxy) is 3. The molecule has 1 saturated heterocycles. The lowest BCUT2D eigenvalue weighted by molar-refractivity contribution is -0.360. The number of carbonyl (C=O) groups excluding carboxylic acids is 3. The highest BCUT2D eigenvalue weighted by molar-refractivity contribution is 6.37. The lowest BCUT2D eigenvalue weighted by Crippen LogP contribution is -2.78. The monoisotopic (exact) mass is 526 g/mol. The molecule has 1 unspecified atom stereocenters. The van der Waals surface area contributed by atoms with Crippen LogP contribution in [0, 0.1) is 16.7 Å². The van der Waals surface area contributed by atoms with Gasteiger partial charge in [-0.3, -0.25) is 9.59 Å². The van der Waals surface area contributed by atoms with Crippen molar-refractivity contribution in [2.24, 2.45) is 16.7 Å². The van der Waals surface area contributed by atoms with Crippen LogP contribution in [0.1, 0.15) is 85.5 Å². The molecule has 0 N–H and O–H groups in total. The van der Waals surface area contributed by atoms with Gasteiger partial charge in [-0.2, -0.15) is 0 Å². The van der Waals surface area contributed by atoms with E-state index in [0.29, 0.717) is 44.9 Å². The van der Waals surface area contributed by atoms with E-state index in [1.165, 1.54) is 0 Å². The lowest BCUT2D eigenvalue weighted by Gasteiger charge is -2.70. The van der Waals surface area contributed by atoms with E-state index in [0.717, 1.165) is 18.4 Å². The van der Waals surface area contributed by atoms with Crippen molar-refractivity contribution in [1.29, 1.82) is 0 Å². The van der Waals surface area contributed by atoms with E-state index in [1.54, 1.807) is 13.0 Å². The summed E-state index contributed by atoms with van der Waals surface area (Å²) in [4.78, 5) is 38.1. The molecule has 2 bridgehead atoms. The topological polar surface area (TPSA) is 78.9 Å². The van der Waals surface area contributed by atoms with Crippen LogP contribution in [0.5, 0.6) is 0 Å². The van der Waals surface area contributed by atoms with Gasteiger partial charge in [0, 0.05) is 23.2 Å². The van der Waals surface area contributed by atoms with E-state index >= 15 is 0 Å². The third kappa shape index (κ3) is 3.06. The van der Waals surface area contributed by atoms with Gasteiger partial charge in [0.2, 0.25) is 0 Å². The van der Waals surface area contributed by atoms with Crippen LogP contribution in [0.2, 0.25) is 0 Å². The van der Waals surface area contributed by atoms with Gasteiger partial charge in [-0.05, 0) is 57.9 Å². The number of fused-ring (bicyclic) bond motifs is 3. The normalized spacial score (nSPS) is 48.3. The first-order valence-electron chi connectivity index (χ1n) is 13.1. The van der Waals surface area contributed by atoms with E-state index < -0.39 is 50.3 Å². The number of esters is 1. The number of alkyl halides is 2. The minimum absolute atomic E-state index is 0.143. The van der Waals surface area contributed by atoms with E-state index in [4.69, 9.17) is 37.4 Å². The van der Waals surface area contributed by atoms with Crippen LogP contribution in [-0.4, -0.2) is 51.9 Å². The van der Waals surface area contributed by atoms with Crippen LogP contribution >= 0.6 is 23.2 Å². The maximum absolute atomic E-state index is 13.8. The molecule has 5 rings (SSSR count). The Kier molecular flexibility index (Phi) is 6.07. The predicted octanol–water partition coefficient (Wildman–Crippen LogP) is 5.26. The summed E-state index contributed by atoms with van der Waals surface area (Å²) in [5, 5.41) is -0.504. The van der Waals surface area contributed by atoms with Crippen LogP contribution in [0.4, 0.5) is 0 Å². The summed E-state index contributed by atoms with van der Waals surface area (Å²) >= 11 is 14.9. The van der Waals surface area contributed by atoms with Crippen LogP contribution < -0.4 is 0 Å². The van der Waals surface area contributed by atoms with Gasteiger partial charge in [0.25, 0.3) is 5.78 Å². The fourth-order valence-electron chi connectivity index (χ4n) is 8.46. The van der Waals surface area contributed by atoms with E-state index in [2.05, 4.69) is 6.92 Å². The molecular formula is C27H36Cl2O6. The van der Waals surface area contributed by atoms with E-state index in [9.17, 15) is 14.4 Å². The van der Waals surface area contributed by atoms with Gasteiger partial charge in [0.15, 0.2) is 12.1 Å². The summed E-state index contributed by atoms with van der Waals surface area (Å²) in [6.07, 6.45) is 6.48. The molecule has 1 heterocycles. The zero-order valence-electron chi connectivity index (χ0n) is 21.1. The fourth-order valence-corrected chi connectivity index (χ4v) is 9.74. The van der Waals surface area contributed by atoms with Gasteiger partial charge in [-0.15, -0.1) is 23.2 Å². The molecule has 3 saturated carbocycles. The summed E-state index contributed by atoms with van der Waals surface area (Å²) in [7, 11) is 0. The summed E-state index contributed by atoms with van der Waals surface area (Å²) < 4.78 is 18.3. The molecule has 5 aliphatic rings. The molecule has 0 aromatic heterocycles. The van der Waals surface area contributed by atoms with Crippen LogP contribution in [-0.2, 0) is 28.6 Å². The molecule has 0 aromatic rings. The molecule has 1 aliphatic heterocycles. The van der Waals surface area contributed by atoms with Crippen molar-refractivity contribution in [2.45, 2.75) is 113 Å². The average molecular weight is 527 g/mol. The first-order chi connectivity index (χ1) is 16.4. The van der Waals surface area contributed by atoms with Gasteiger partial charge in [-0.25, -0.2) is 4.79 Å². The fraction of sp³-hybridized carbons (Fsp3) is 0.815. The Labute approximate surface area is 217 Å². The molecule has 0 spiro atoms. The summed E-state index contributed by atoms with van der Waals surface area (Å²) in [6.45, 7) is 8.13. The van der Waals surface area contributed by atoms with Crippen LogP contribution in [0.15, 0.2) is 11.6 Å². The largest absolute Gasteiger partial charge is 0.460 e. The highest BCUT2D eigenvalue weighted by Gasteiger charge is 2.83. The number of Topliss-reactive ketones (excluding diaryl/α,β-unsaturated/α-hetero) is 1. The molecule has 0 aromatic carbocycles. The predicted molar refractivity (Wildman–Crippen MR) is 131 cm³/mol. The maximum atomic E-state index is 13.8. The van der Waals surface area contributed by atoms with Gasteiger partial charge in [-0.1, -0.05) is 32.8 Å². The molecular weight excluding hydrogens is 491 g/mol. The highest BCUT2D eigenvalue weighted by Crippen LogP contribution is 2.76. The second-order valence-corrected chi connectivity index (χ2v) is 12.8. The Hall–Kier alpha value is -0.950. The Morgan fingerprint density at radius 2 is 1.91 bits per heavy atom. The molecule has 4 fully saturated rings. The number of rotatable bonds is 5. The van der Waals surface area contributed by atoms with Crippen molar-refractivity contribution in [2.75, 3.05) is 6.61 Å². The van der Waals surface area contributed by atoms with Gasteiger partial charge in [0.05, 0.1) is 22.5 Å². The summed E-state index contributed by atoms with van der Waals surface area (Å²) in [5.41, 5.74) is -2.35. The summed E-state index contributed by atoms with van der Waals surface area (Å²) in [6, 6.07) is 0. The number of allylic oxidation sites excluding steroid dienone is 1. The smallest absolute Gasteiger partial charge is 0.377 e. The molecule has 4 aliphatic carbocycles. The molecule has 6 nitrogen and oxygen atoms in total. The number of hydrogen-bond acceptors (Lipinski definition) is 6. The van der Waals surface area contributed by atoms with Crippen molar-refractivity contribution in [1.82, 2.24) is 0 Å². The Bertz CT molecular complexity index is 996. The Morgan fingerprint density at radius 3 is 2.63 bits per heavy atom. The van der Waals surface area contributed by atoms with Crippen LogP contribution in [0.3, 0.4) is 0 Å². The van der Waals surface area contributed by atoms with Crippen molar-refractivity contribution in [3.05, 3.63) is 11.6 Å².